The molecule has 2 atom stereocenters. The van der Waals surface area contributed by atoms with Crippen LogP contribution in [0.5, 0.6) is 5.75 Å². The van der Waals surface area contributed by atoms with Crippen molar-refractivity contribution in [2.24, 2.45) is 0 Å². The molecule has 1 amide bonds. The molecule has 0 N–H and O–H groups in total. The van der Waals surface area contributed by atoms with Crippen molar-refractivity contribution in [1.82, 2.24) is 4.90 Å². The summed E-state index contributed by atoms with van der Waals surface area (Å²) in [5.41, 5.74) is -0.574. The van der Waals surface area contributed by atoms with Crippen molar-refractivity contribution in [1.29, 1.82) is 0 Å². The third kappa shape index (κ3) is 4.57. The molecule has 1 fully saturated rings. The molecule has 1 aliphatic rings. The Balaban J connectivity index is 2.07. The first-order chi connectivity index (χ1) is 10.7. The van der Waals surface area contributed by atoms with E-state index in [1.165, 1.54) is 12.0 Å². The molecule has 1 saturated heterocycles. The minimum Gasteiger partial charge on any atom is -0.483 e. The summed E-state index contributed by atoms with van der Waals surface area (Å²) < 4.78 is 30.8. The third-order valence-electron chi connectivity index (χ3n) is 3.36. The number of benzene rings is 1. The van der Waals surface area contributed by atoms with Crippen molar-refractivity contribution in [2.45, 2.75) is 38.6 Å². The lowest BCUT2D eigenvalue weighted by molar-refractivity contribution is 0.0239. The van der Waals surface area contributed by atoms with Crippen LogP contribution in [0.1, 0.15) is 20.8 Å². The lowest BCUT2D eigenvalue weighted by Crippen LogP contribution is -2.36. The summed E-state index contributed by atoms with van der Waals surface area (Å²) in [5.74, 6) is -0.351. The van der Waals surface area contributed by atoms with Gasteiger partial charge in [0.2, 0.25) is 0 Å². The van der Waals surface area contributed by atoms with Gasteiger partial charge < -0.3 is 19.1 Å². The number of methoxy groups -OCH3 is 1. The number of nitrogens with zero attached hydrogens (tertiary/aromatic N) is 1. The summed E-state index contributed by atoms with van der Waals surface area (Å²) in [4.78, 5) is 13.7. The predicted octanol–water partition coefficient (Wildman–Crippen LogP) is 3.60. The number of rotatable bonds is 3. The molecule has 0 radical (unpaired) electrons. The van der Waals surface area contributed by atoms with Gasteiger partial charge in [0.05, 0.1) is 17.6 Å². The molecule has 23 heavy (non-hydrogen) atoms. The van der Waals surface area contributed by atoms with Gasteiger partial charge in [-0.25, -0.2) is 9.18 Å². The molecule has 0 aromatic heterocycles. The lowest BCUT2D eigenvalue weighted by atomic mass is 10.2. The van der Waals surface area contributed by atoms with Crippen LogP contribution < -0.4 is 4.74 Å². The summed E-state index contributed by atoms with van der Waals surface area (Å²) in [6.45, 7) is 6.03. The van der Waals surface area contributed by atoms with Crippen LogP contribution in [-0.2, 0) is 9.47 Å². The van der Waals surface area contributed by atoms with Crippen molar-refractivity contribution < 1.29 is 23.4 Å². The maximum absolute atomic E-state index is 14.0. The van der Waals surface area contributed by atoms with Crippen molar-refractivity contribution >= 4 is 22.0 Å². The smallest absolute Gasteiger partial charge is 0.410 e. The molecular weight excluding hydrogens is 369 g/mol. The van der Waals surface area contributed by atoms with Crippen LogP contribution in [0.3, 0.4) is 0 Å². The van der Waals surface area contributed by atoms with Gasteiger partial charge in [0, 0.05) is 7.11 Å². The molecule has 0 spiro atoms. The monoisotopic (exact) mass is 389 g/mol. The fourth-order valence-electron chi connectivity index (χ4n) is 2.30. The normalized spacial score (nSPS) is 21.4. The Bertz CT molecular complexity index is 576. The van der Waals surface area contributed by atoms with E-state index in [0.29, 0.717) is 11.0 Å². The fourth-order valence-corrected chi connectivity index (χ4v) is 2.65. The van der Waals surface area contributed by atoms with Crippen LogP contribution in [0.15, 0.2) is 22.7 Å². The fraction of sp³-hybridized carbons (Fsp3) is 0.562. The number of likely N-dealkylation sites (tertiary alicyclic amines) is 1. The molecule has 1 heterocycles. The molecule has 1 aliphatic heterocycles. The van der Waals surface area contributed by atoms with Gasteiger partial charge in [-0.3, -0.25) is 0 Å². The summed E-state index contributed by atoms with van der Waals surface area (Å²) in [6.07, 6.45) is -1.24. The van der Waals surface area contributed by atoms with Gasteiger partial charge in [0.15, 0.2) is 11.6 Å². The average Bonchev–Trinajstić information content (AvgIpc) is 2.85. The van der Waals surface area contributed by atoms with Crippen LogP contribution >= 0.6 is 15.9 Å². The van der Waals surface area contributed by atoms with E-state index in [0.717, 1.165) is 0 Å². The second kappa shape index (κ2) is 7.05. The number of carbonyl (C=O) groups is 1. The highest BCUT2D eigenvalue weighted by molar-refractivity contribution is 9.10. The van der Waals surface area contributed by atoms with Gasteiger partial charge in [0.25, 0.3) is 0 Å². The van der Waals surface area contributed by atoms with E-state index in [1.807, 2.05) is 0 Å². The first-order valence-corrected chi connectivity index (χ1v) is 8.12. The summed E-state index contributed by atoms with van der Waals surface area (Å²) >= 11 is 3.12. The van der Waals surface area contributed by atoms with Crippen LogP contribution in [0.25, 0.3) is 0 Å². The lowest BCUT2D eigenvalue weighted by Gasteiger charge is -2.24. The highest BCUT2D eigenvalue weighted by Crippen LogP contribution is 2.28. The van der Waals surface area contributed by atoms with E-state index in [2.05, 4.69) is 15.9 Å². The highest BCUT2D eigenvalue weighted by Gasteiger charge is 2.39. The Morgan fingerprint density at radius 3 is 2.57 bits per heavy atom. The SMILES string of the molecule is CO[C@@H]1CN(C(=O)OC(C)(C)C)C[C@H]1Oc1cccc(Br)c1F. The zero-order valence-electron chi connectivity index (χ0n) is 13.6. The highest BCUT2D eigenvalue weighted by atomic mass is 79.9. The maximum atomic E-state index is 14.0. The first-order valence-electron chi connectivity index (χ1n) is 7.32. The van der Waals surface area contributed by atoms with Gasteiger partial charge in [0.1, 0.15) is 17.8 Å². The molecule has 5 nitrogen and oxygen atoms in total. The molecular formula is C16H21BrFNO4. The number of amides is 1. The van der Waals surface area contributed by atoms with E-state index < -0.39 is 23.6 Å². The van der Waals surface area contributed by atoms with E-state index >= 15 is 0 Å². The van der Waals surface area contributed by atoms with Crippen LogP contribution in [-0.4, -0.2) is 49.0 Å². The van der Waals surface area contributed by atoms with E-state index in [4.69, 9.17) is 14.2 Å². The largest absolute Gasteiger partial charge is 0.483 e. The Kier molecular flexibility index (Phi) is 5.52. The molecule has 7 heteroatoms. The first kappa shape index (κ1) is 18.0. The number of halogens is 2. The minimum absolute atomic E-state index is 0.123. The van der Waals surface area contributed by atoms with E-state index in [-0.39, 0.29) is 18.4 Å². The molecule has 128 valence electrons. The van der Waals surface area contributed by atoms with Gasteiger partial charge in [-0.05, 0) is 48.8 Å². The molecule has 0 unspecified atom stereocenters. The molecule has 0 saturated carbocycles. The average molecular weight is 390 g/mol. The van der Waals surface area contributed by atoms with E-state index in [1.54, 1.807) is 39.0 Å². The minimum atomic E-state index is -0.574. The zero-order chi connectivity index (χ0) is 17.2. The van der Waals surface area contributed by atoms with Crippen molar-refractivity contribution in [3.05, 3.63) is 28.5 Å². The van der Waals surface area contributed by atoms with Gasteiger partial charge in [-0.15, -0.1) is 0 Å². The molecule has 0 bridgehead atoms. The zero-order valence-corrected chi connectivity index (χ0v) is 15.2. The third-order valence-corrected chi connectivity index (χ3v) is 3.98. The second-order valence-electron chi connectivity index (χ2n) is 6.37. The standard InChI is InChI=1S/C16H21BrFNO4/c1-16(2,3)23-15(20)19-8-12(21-4)13(9-19)22-11-7-5-6-10(17)14(11)18/h5-7,12-13H,8-9H2,1-4H3/t12-,13-/m1/s1. The van der Waals surface area contributed by atoms with Gasteiger partial charge in [-0.2, -0.15) is 0 Å². The van der Waals surface area contributed by atoms with Crippen LogP contribution in [0.2, 0.25) is 0 Å². The molecule has 1 aromatic carbocycles. The molecule has 1 aromatic rings. The second-order valence-corrected chi connectivity index (χ2v) is 7.22. The molecule has 2 rings (SSSR count). The summed E-state index contributed by atoms with van der Waals surface area (Å²) in [6, 6.07) is 4.82. The Labute approximate surface area is 143 Å². The van der Waals surface area contributed by atoms with Crippen LogP contribution in [0.4, 0.5) is 9.18 Å². The van der Waals surface area contributed by atoms with E-state index in [9.17, 15) is 9.18 Å². The van der Waals surface area contributed by atoms with Crippen molar-refractivity contribution in [3.63, 3.8) is 0 Å². The predicted molar refractivity (Wildman–Crippen MR) is 87.1 cm³/mol. The Morgan fingerprint density at radius 2 is 1.96 bits per heavy atom. The Hall–Kier alpha value is -1.34. The van der Waals surface area contributed by atoms with Crippen LogP contribution in [0, 0.1) is 5.82 Å². The summed E-state index contributed by atoms with van der Waals surface area (Å²) in [5, 5.41) is 0. The number of ether oxygens (including phenoxy) is 3. The molecule has 0 aliphatic carbocycles. The topological polar surface area (TPSA) is 48.0 Å². The quantitative estimate of drug-likeness (QED) is 0.792. The van der Waals surface area contributed by atoms with Crippen molar-refractivity contribution in [2.75, 3.05) is 20.2 Å². The number of carbonyl (C=O) groups excluding carboxylic acids is 1. The van der Waals surface area contributed by atoms with Gasteiger partial charge in [-0.1, -0.05) is 6.07 Å². The maximum Gasteiger partial charge on any atom is 0.410 e. The summed E-state index contributed by atoms with van der Waals surface area (Å²) in [7, 11) is 1.54. The van der Waals surface area contributed by atoms with Gasteiger partial charge >= 0.3 is 6.09 Å². The Morgan fingerprint density at radius 1 is 1.30 bits per heavy atom. The van der Waals surface area contributed by atoms with Crippen molar-refractivity contribution in [3.8, 4) is 5.75 Å². The number of hydrogen-bond acceptors (Lipinski definition) is 4. The number of hydrogen-bond donors (Lipinski definition) is 0.